The fourth-order valence-corrected chi connectivity index (χ4v) is 4.18. The maximum atomic E-state index is 12.1. The van der Waals surface area contributed by atoms with Crippen molar-refractivity contribution >= 4 is 17.7 Å². The SMILES string of the molecule is C/C=C(/OC)C(C)CC1=C(N)C(C#N)=C(NC(CC(C)C)C(=O)OC)SC1. The fourth-order valence-electron chi connectivity index (χ4n) is 3.06. The Kier molecular flexibility index (Phi) is 9.30. The standard InChI is InChI=1S/C20H31N3O3S/c1-7-17(25-5)13(4)9-14-11-27-19(15(10-21)18(14)22)23-16(8-12(2)3)20(24)26-6/h7,12-13,16,23H,8-9,11,22H2,1-6H3/b17-7+. The lowest BCUT2D eigenvalue weighted by Gasteiger charge is -2.26. The molecule has 1 aliphatic rings. The van der Waals surface area contributed by atoms with Crippen LogP contribution < -0.4 is 11.1 Å². The maximum Gasteiger partial charge on any atom is 0.328 e. The van der Waals surface area contributed by atoms with Crippen LogP contribution in [-0.2, 0) is 14.3 Å². The first-order valence-electron chi connectivity index (χ1n) is 9.08. The van der Waals surface area contributed by atoms with Crippen LogP contribution in [0.2, 0.25) is 0 Å². The molecule has 0 bridgehead atoms. The van der Waals surface area contributed by atoms with Crippen LogP contribution in [0.5, 0.6) is 0 Å². The average Bonchev–Trinajstić information content (AvgIpc) is 2.63. The topological polar surface area (TPSA) is 97.4 Å². The van der Waals surface area contributed by atoms with Crippen LogP contribution in [0.4, 0.5) is 0 Å². The number of hydrogen-bond donors (Lipinski definition) is 2. The number of nitrogens with zero attached hydrogens (tertiary/aromatic N) is 1. The van der Waals surface area contributed by atoms with E-state index in [4.69, 9.17) is 15.2 Å². The van der Waals surface area contributed by atoms with Crippen LogP contribution >= 0.6 is 11.8 Å². The van der Waals surface area contributed by atoms with Gasteiger partial charge >= 0.3 is 5.97 Å². The number of carbonyl (C=O) groups is 1. The highest BCUT2D eigenvalue weighted by Crippen LogP contribution is 2.34. The summed E-state index contributed by atoms with van der Waals surface area (Å²) in [5, 5.41) is 13.5. The molecule has 27 heavy (non-hydrogen) atoms. The predicted molar refractivity (Wildman–Crippen MR) is 109 cm³/mol. The lowest BCUT2D eigenvalue weighted by Crippen LogP contribution is -2.39. The summed E-state index contributed by atoms with van der Waals surface area (Å²) < 4.78 is 10.3. The summed E-state index contributed by atoms with van der Waals surface area (Å²) in [5.41, 5.74) is 8.21. The van der Waals surface area contributed by atoms with E-state index in [0.717, 1.165) is 17.8 Å². The van der Waals surface area contributed by atoms with Gasteiger partial charge in [0.15, 0.2) is 0 Å². The number of nitrogens with one attached hydrogen (secondary N) is 1. The van der Waals surface area contributed by atoms with E-state index in [1.165, 1.54) is 18.9 Å². The molecular weight excluding hydrogens is 362 g/mol. The van der Waals surface area contributed by atoms with E-state index in [-0.39, 0.29) is 11.9 Å². The summed E-state index contributed by atoms with van der Waals surface area (Å²) in [6.07, 6.45) is 3.27. The second kappa shape index (κ2) is 10.9. The average molecular weight is 394 g/mol. The molecule has 6 nitrogen and oxygen atoms in total. The van der Waals surface area contributed by atoms with Crippen molar-refractivity contribution in [3.63, 3.8) is 0 Å². The number of ether oxygens (including phenoxy) is 2. The number of allylic oxidation sites excluding steroid dienone is 3. The van der Waals surface area contributed by atoms with Gasteiger partial charge in [0.25, 0.3) is 0 Å². The second-order valence-electron chi connectivity index (χ2n) is 6.97. The molecule has 1 heterocycles. The molecule has 7 heteroatoms. The lowest BCUT2D eigenvalue weighted by atomic mass is 9.96. The number of esters is 1. The smallest absolute Gasteiger partial charge is 0.328 e. The quantitative estimate of drug-likeness (QED) is 0.457. The summed E-state index contributed by atoms with van der Waals surface area (Å²) in [5.74, 6) is 1.70. The normalized spacial score (nSPS) is 17.5. The van der Waals surface area contributed by atoms with Crippen molar-refractivity contribution in [2.45, 2.75) is 46.6 Å². The first-order valence-corrected chi connectivity index (χ1v) is 10.1. The number of hydrogen-bond acceptors (Lipinski definition) is 7. The van der Waals surface area contributed by atoms with Gasteiger partial charge in [0.05, 0.1) is 30.7 Å². The van der Waals surface area contributed by atoms with Crippen LogP contribution in [0.25, 0.3) is 0 Å². The van der Waals surface area contributed by atoms with Gasteiger partial charge in [-0.2, -0.15) is 5.26 Å². The molecule has 150 valence electrons. The van der Waals surface area contributed by atoms with Crippen molar-refractivity contribution in [2.75, 3.05) is 20.0 Å². The summed E-state index contributed by atoms with van der Waals surface area (Å²) in [4.78, 5) is 12.1. The van der Waals surface area contributed by atoms with Crippen LogP contribution in [0.1, 0.15) is 40.5 Å². The zero-order valence-electron chi connectivity index (χ0n) is 17.1. The van der Waals surface area contributed by atoms with Gasteiger partial charge in [0.2, 0.25) is 0 Å². The molecule has 0 saturated carbocycles. The highest BCUT2D eigenvalue weighted by Gasteiger charge is 2.27. The van der Waals surface area contributed by atoms with Gasteiger partial charge in [0.1, 0.15) is 17.7 Å². The third kappa shape index (κ3) is 6.24. The lowest BCUT2D eigenvalue weighted by molar-refractivity contribution is -0.143. The van der Waals surface area contributed by atoms with Crippen molar-refractivity contribution in [3.05, 3.63) is 33.7 Å². The van der Waals surface area contributed by atoms with Crippen molar-refractivity contribution in [1.29, 1.82) is 5.26 Å². The van der Waals surface area contributed by atoms with E-state index < -0.39 is 6.04 Å². The van der Waals surface area contributed by atoms with Crippen LogP contribution in [0.15, 0.2) is 33.7 Å². The van der Waals surface area contributed by atoms with Gasteiger partial charge in [-0.15, -0.1) is 11.8 Å². The number of nitrogens with two attached hydrogens (primary N) is 1. The molecule has 0 aromatic carbocycles. The van der Waals surface area contributed by atoms with Crippen molar-refractivity contribution in [2.24, 2.45) is 17.6 Å². The van der Waals surface area contributed by atoms with Crippen LogP contribution in [-0.4, -0.2) is 32.0 Å². The largest absolute Gasteiger partial charge is 0.501 e. The first kappa shape index (κ1) is 23.0. The Bertz CT molecular complexity index is 674. The molecule has 0 saturated heterocycles. The van der Waals surface area contributed by atoms with Gasteiger partial charge in [-0.1, -0.05) is 20.8 Å². The highest BCUT2D eigenvalue weighted by atomic mass is 32.2. The zero-order valence-corrected chi connectivity index (χ0v) is 17.9. The molecule has 0 radical (unpaired) electrons. The molecular formula is C20H31N3O3S. The number of carbonyl (C=O) groups excluding carboxylic acids is 1. The van der Waals surface area contributed by atoms with E-state index in [0.29, 0.717) is 34.4 Å². The third-order valence-electron chi connectivity index (χ3n) is 4.44. The Balaban J connectivity index is 3.10. The van der Waals surface area contributed by atoms with Gasteiger partial charge in [0, 0.05) is 11.7 Å². The summed E-state index contributed by atoms with van der Waals surface area (Å²) in [6, 6.07) is 1.69. The minimum Gasteiger partial charge on any atom is -0.501 e. The van der Waals surface area contributed by atoms with Crippen LogP contribution in [0, 0.1) is 23.2 Å². The van der Waals surface area contributed by atoms with E-state index in [9.17, 15) is 10.1 Å². The third-order valence-corrected chi connectivity index (χ3v) is 5.54. The maximum absolute atomic E-state index is 12.1. The molecule has 0 aromatic rings. The summed E-state index contributed by atoms with van der Waals surface area (Å²) >= 11 is 1.50. The second-order valence-corrected chi connectivity index (χ2v) is 7.96. The summed E-state index contributed by atoms with van der Waals surface area (Å²) in [7, 11) is 3.02. The number of rotatable bonds is 9. The molecule has 2 atom stereocenters. The Morgan fingerprint density at radius 3 is 2.52 bits per heavy atom. The fraction of sp³-hybridized carbons (Fsp3) is 0.600. The van der Waals surface area contributed by atoms with E-state index in [2.05, 4.69) is 18.3 Å². The number of nitriles is 1. The van der Waals surface area contributed by atoms with Gasteiger partial charge in [-0.25, -0.2) is 4.79 Å². The predicted octanol–water partition coefficient (Wildman–Crippen LogP) is 3.43. The van der Waals surface area contributed by atoms with Crippen molar-refractivity contribution < 1.29 is 14.3 Å². The molecule has 0 amide bonds. The molecule has 1 aliphatic heterocycles. The summed E-state index contributed by atoms with van der Waals surface area (Å²) in [6.45, 7) is 8.08. The molecule has 0 aromatic heterocycles. The molecule has 0 spiro atoms. The number of methoxy groups -OCH3 is 2. The van der Waals surface area contributed by atoms with Gasteiger partial charge in [-0.05, 0) is 37.3 Å². The van der Waals surface area contributed by atoms with Crippen LogP contribution in [0.3, 0.4) is 0 Å². The van der Waals surface area contributed by atoms with Crippen molar-refractivity contribution in [1.82, 2.24) is 5.32 Å². The Morgan fingerprint density at radius 2 is 2.04 bits per heavy atom. The van der Waals surface area contributed by atoms with E-state index in [1.807, 2.05) is 26.8 Å². The minimum absolute atomic E-state index is 0.173. The molecule has 3 N–H and O–H groups in total. The Labute approximate surface area is 166 Å². The highest BCUT2D eigenvalue weighted by molar-refractivity contribution is 8.03. The molecule has 0 fully saturated rings. The monoisotopic (exact) mass is 393 g/mol. The minimum atomic E-state index is -0.503. The number of thioether (sulfide) groups is 1. The molecule has 2 unspecified atom stereocenters. The Morgan fingerprint density at radius 1 is 1.37 bits per heavy atom. The van der Waals surface area contributed by atoms with Gasteiger partial charge in [-0.3, -0.25) is 0 Å². The van der Waals surface area contributed by atoms with E-state index >= 15 is 0 Å². The first-order chi connectivity index (χ1) is 12.8. The Hall–Kier alpha value is -2.07. The van der Waals surface area contributed by atoms with Crippen molar-refractivity contribution in [3.8, 4) is 6.07 Å². The van der Waals surface area contributed by atoms with Gasteiger partial charge < -0.3 is 20.5 Å². The van der Waals surface area contributed by atoms with E-state index in [1.54, 1.807) is 7.11 Å². The molecule has 1 rings (SSSR count). The zero-order chi connectivity index (χ0) is 20.6. The molecule has 0 aliphatic carbocycles.